The fourth-order valence-corrected chi connectivity index (χ4v) is 3.03. The molecule has 0 fully saturated rings. The number of thioether (sulfide) groups is 1. The number of benzene rings is 2. The molecule has 3 rings (SSSR count). The third-order valence-electron chi connectivity index (χ3n) is 3.97. The van der Waals surface area contributed by atoms with E-state index in [1.807, 2.05) is 54.8 Å². The van der Waals surface area contributed by atoms with Gasteiger partial charge in [0.2, 0.25) is 5.75 Å². The number of nitrogens with one attached hydrogen (secondary N) is 2. The van der Waals surface area contributed by atoms with Gasteiger partial charge < -0.3 is 19.5 Å². The molecule has 0 saturated carbocycles. The number of aromatic nitrogens is 2. The number of nitrogens with zero attached hydrogens (tertiary/aromatic N) is 2. The Labute approximate surface area is 168 Å². The lowest BCUT2D eigenvalue weighted by Gasteiger charge is -2.13. The molecular formula is C20H22N4O3S. The Bertz CT molecular complexity index is 932. The molecule has 146 valence electrons. The molecule has 2 N–H and O–H groups in total. The first-order chi connectivity index (χ1) is 13.7. The Kier molecular flexibility index (Phi) is 6.44. The van der Waals surface area contributed by atoms with Crippen LogP contribution in [0.2, 0.25) is 0 Å². The minimum atomic E-state index is 0.545. The highest BCUT2D eigenvalue weighted by Gasteiger charge is 2.15. The first kappa shape index (κ1) is 19.6. The molecular weight excluding hydrogens is 376 g/mol. The van der Waals surface area contributed by atoms with E-state index in [1.165, 1.54) is 11.8 Å². The van der Waals surface area contributed by atoms with Gasteiger partial charge in [-0.2, -0.15) is 5.10 Å². The van der Waals surface area contributed by atoms with Gasteiger partial charge in [-0.1, -0.05) is 30.0 Å². The fraction of sp³-hybridized carbons (Fsp3) is 0.200. The molecule has 0 aliphatic carbocycles. The van der Waals surface area contributed by atoms with Gasteiger partial charge in [0.15, 0.2) is 22.5 Å². The van der Waals surface area contributed by atoms with Crippen LogP contribution in [-0.2, 0) is 0 Å². The van der Waals surface area contributed by atoms with Gasteiger partial charge in [0.25, 0.3) is 0 Å². The van der Waals surface area contributed by atoms with E-state index in [4.69, 9.17) is 14.2 Å². The summed E-state index contributed by atoms with van der Waals surface area (Å²) < 4.78 is 16.2. The lowest BCUT2D eigenvalue weighted by atomic mass is 10.1. The quantitative estimate of drug-likeness (QED) is 0.468. The maximum Gasteiger partial charge on any atom is 0.203 e. The van der Waals surface area contributed by atoms with E-state index in [9.17, 15) is 0 Å². The Hall–Kier alpha value is -3.13. The SMILES string of the molecule is COc1cc(-c2cc(N=C(Nc3ccccc3)SC)n[nH]2)cc(OC)c1OC. The van der Waals surface area contributed by atoms with Crippen molar-refractivity contribution in [2.24, 2.45) is 4.99 Å². The summed E-state index contributed by atoms with van der Waals surface area (Å²) in [7, 11) is 4.75. The largest absolute Gasteiger partial charge is 0.493 e. The molecule has 8 heteroatoms. The topological polar surface area (TPSA) is 80.8 Å². The van der Waals surface area contributed by atoms with Crippen molar-refractivity contribution in [1.82, 2.24) is 10.2 Å². The molecule has 0 unspecified atom stereocenters. The predicted octanol–water partition coefficient (Wildman–Crippen LogP) is 4.57. The van der Waals surface area contributed by atoms with Crippen molar-refractivity contribution in [1.29, 1.82) is 0 Å². The summed E-state index contributed by atoms with van der Waals surface area (Å²) in [5.41, 5.74) is 2.61. The van der Waals surface area contributed by atoms with Crippen molar-refractivity contribution < 1.29 is 14.2 Å². The normalized spacial score (nSPS) is 11.2. The first-order valence-electron chi connectivity index (χ1n) is 8.49. The van der Waals surface area contributed by atoms with Crippen LogP contribution in [0.25, 0.3) is 11.3 Å². The summed E-state index contributed by atoms with van der Waals surface area (Å²) in [6.45, 7) is 0. The van der Waals surface area contributed by atoms with Crippen LogP contribution in [0.5, 0.6) is 17.2 Å². The second-order valence-electron chi connectivity index (χ2n) is 5.67. The van der Waals surface area contributed by atoms with Crippen molar-refractivity contribution in [2.45, 2.75) is 0 Å². The van der Waals surface area contributed by atoms with Gasteiger partial charge in [-0.25, -0.2) is 4.99 Å². The van der Waals surface area contributed by atoms with Crippen LogP contribution in [0.4, 0.5) is 11.5 Å². The molecule has 0 spiro atoms. The number of H-pyrrole nitrogens is 1. The molecule has 2 aromatic carbocycles. The van der Waals surface area contributed by atoms with Crippen LogP contribution in [0, 0.1) is 0 Å². The number of aliphatic imine (C=N–C) groups is 1. The van der Waals surface area contributed by atoms with Gasteiger partial charge >= 0.3 is 0 Å². The minimum Gasteiger partial charge on any atom is -0.493 e. The molecule has 1 heterocycles. The average molecular weight is 398 g/mol. The van der Waals surface area contributed by atoms with Crippen LogP contribution in [-0.4, -0.2) is 43.0 Å². The number of hydrogen-bond acceptors (Lipinski definition) is 6. The maximum absolute atomic E-state index is 5.42. The zero-order valence-corrected chi connectivity index (χ0v) is 17.0. The van der Waals surface area contributed by atoms with E-state index in [0.717, 1.165) is 22.1 Å². The molecule has 3 aromatic rings. The highest BCUT2D eigenvalue weighted by Crippen LogP contribution is 2.41. The molecule has 28 heavy (non-hydrogen) atoms. The van der Waals surface area contributed by atoms with Gasteiger partial charge in [-0.3, -0.25) is 5.10 Å². The zero-order valence-electron chi connectivity index (χ0n) is 16.1. The van der Waals surface area contributed by atoms with E-state index < -0.39 is 0 Å². The number of anilines is 1. The third kappa shape index (κ3) is 4.40. The number of hydrogen-bond donors (Lipinski definition) is 2. The van der Waals surface area contributed by atoms with Gasteiger partial charge in [0, 0.05) is 17.3 Å². The van der Waals surface area contributed by atoms with Crippen molar-refractivity contribution in [3.8, 4) is 28.5 Å². The lowest BCUT2D eigenvalue weighted by Crippen LogP contribution is -2.06. The van der Waals surface area contributed by atoms with Gasteiger partial charge in [0.05, 0.1) is 27.0 Å². The van der Waals surface area contributed by atoms with Crippen molar-refractivity contribution in [3.05, 3.63) is 48.5 Å². The number of rotatable bonds is 6. The summed E-state index contributed by atoms with van der Waals surface area (Å²) in [6.07, 6.45) is 1.96. The van der Waals surface area contributed by atoms with Crippen LogP contribution >= 0.6 is 11.8 Å². The molecule has 0 aliphatic rings. The van der Waals surface area contributed by atoms with Crippen molar-refractivity contribution in [3.63, 3.8) is 0 Å². The van der Waals surface area contributed by atoms with Gasteiger partial charge in [-0.05, 0) is 30.5 Å². The smallest absolute Gasteiger partial charge is 0.203 e. The molecule has 0 amide bonds. The summed E-state index contributed by atoms with van der Waals surface area (Å²) in [4.78, 5) is 4.58. The van der Waals surface area contributed by atoms with E-state index in [0.29, 0.717) is 23.1 Å². The highest BCUT2D eigenvalue weighted by atomic mass is 32.2. The van der Waals surface area contributed by atoms with E-state index in [-0.39, 0.29) is 0 Å². The molecule has 0 aliphatic heterocycles. The van der Waals surface area contributed by atoms with E-state index >= 15 is 0 Å². The number of ether oxygens (including phenoxy) is 3. The van der Waals surface area contributed by atoms with Crippen LogP contribution in [0.1, 0.15) is 0 Å². The number of aromatic amines is 1. The van der Waals surface area contributed by atoms with Gasteiger partial charge in [-0.15, -0.1) is 0 Å². The first-order valence-corrected chi connectivity index (χ1v) is 9.71. The fourth-order valence-electron chi connectivity index (χ4n) is 2.63. The Balaban J connectivity index is 1.89. The number of para-hydroxylation sites is 1. The molecule has 0 radical (unpaired) electrons. The Morgan fingerprint density at radius 3 is 2.25 bits per heavy atom. The highest BCUT2D eigenvalue weighted by molar-refractivity contribution is 8.13. The molecule has 0 atom stereocenters. The standard InChI is InChI=1S/C20H22N4O3S/c1-25-16-10-13(11-17(26-2)19(16)27-3)15-12-18(24-23-15)22-20(28-4)21-14-8-6-5-7-9-14/h5-12H,1-4H3,(H2,21,22,23,24). The summed E-state index contributed by atoms with van der Waals surface area (Å²) in [6, 6.07) is 15.5. The van der Waals surface area contributed by atoms with Crippen molar-refractivity contribution in [2.75, 3.05) is 32.9 Å². The van der Waals surface area contributed by atoms with Crippen LogP contribution in [0.15, 0.2) is 53.5 Å². The molecule has 1 aromatic heterocycles. The molecule has 7 nitrogen and oxygen atoms in total. The Morgan fingerprint density at radius 2 is 1.68 bits per heavy atom. The summed E-state index contributed by atoms with van der Waals surface area (Å²) >= 11 is 1.51. The van der Waals surface area contributed by atoms with Gasteiger partial charge in [0.1, 0.15) is 0 Å². The zero-order chi connectivity index (χ0) is 19.9. The number of methoxy groups -OCH3 is 3. The van der Waals surface area contributed by atoms with Crippen LogP contribution in [0.3, 0.4) is 0 Å². The Morgan fingerprint density at radius 1 is 1.00 bits per heavy atom. The minimum absolute atomic E-state index is 0.545. The monoisotopic (exact) mass is 398 g/mol. The average Bonchev–Trinajstić information content (AvgIpc) is 3.21. The lowest BCUT2D eigenvalue weighted by molar-refractivity contribution is 0.324. The summed E-state index contributed by atoms with van der Waals surface area (Å²) in [5, 5.41) is 11.3. The second-order valence-corrected chi connectivity index (χ2v) is 6.46. The van der Waals surface area contributed by atoms with Crippen molar-refractivity contribution >= 4 is 28.4 Å². The maximum atomic E-state index is 5.42. The van der Waals surface area contributed by atoms with Crippen LogP contribution < -0.4 is 19.5 Å². The van der Waals surface area contributed by atoms with E-state index in [2.05, 4.69) is 20.5 Å². The van der Waals surface area contributed by atoms with E-state index in [1.54, 1.807) is 21.3 Å². The molecule has 0 saturated heterocycles. The second kappa shape index (κ2) is 9.18. The predicted molar refractivity (Wildman–Crippen MR) is 114 cm³/mol. The summed E-state index contributed by atoms with van der Waals surface area (Å²) in [5.74, 6) is 2.26. The third-order valence-corrected chi connectivity index (χ3v) is 4.55. The number of amidine groups is 1. The molecule has 0 bridgehead atoms.